The van der Waals surface area contributed by atoms with Crippen LogP contribution < -0.4 is 5.32 Å². The zero-order valence-corrected chi connectivity index (χ0v) is 12.4. The molecule has 1 atom stereocenters. The quantitative estimate of drug-likeness (QED) is 0.759. The van der Waals surface area contributed by atoms with Crippen molar-refractivity contribution in [3.8, 4) is 0 Å². The van der Waals surface area contributed by atoms with Crippen molar-refractivity contribution in [2.75, 3.05) is 14.2 Å². The molecule has 120 valence electrons. The average molecular weight is 311 g/mol. The molecule has 0 saturated carbocycles. The first-order valence-corrected chi connectivity index (χ1v) is 6.64. The monoisotopic (exact) mass is 311 g/mol. The molecule has 0 bridgehead atoms. The van der Waals surface area contributed by atoms with Crippen molar-refractivity contribution < 1.29 is 28.2 Å². The molecule has 0 aliphatic rings. The Hall–Kier alpha value is -2.44. The Morgan fingerprint density at radius 1 is 1.18 bits per heavy atom. The van der Waals surface area contributed by atoms with Gasteiger partial charge in [-0.2, -0.15) is 0 Å². The van der Waals surface area contributed by atoms with Gasteiger partial charge in [-0.05, 0) is 17.7 Å². The van der Waals surface area contributed by atoms with Crippen LogP contribution in [-0.2, 0) is 30.3 Å². The Labute approximate surface area is 127 Å². The first-order chi connectivity index (χ1) is 10.5. The van der Waals surface area contributed by atoms with Crippen LogP contribution in [0.25, 0.3) is 0 Å². The Balaban J connectivity index is 2.66. The van der Waals surface area contributed by atoms with Crippen LogP contribution in [0.4, 0.5) is 4.39 Å². The predicted octanol–water partition coefficient (Wildman–Crippen LogP) is 0.979. The maximum absolute atomic E-state index is 13.2. The number of esters is 2. The fraction of sp³-hybridized carbons (Fsp3) is 0.400. The lowest BCUT2D eigenvalue weighted by molar-refractivity contribution is -0.145. The number of carbonyl (C=O) groups is 3. The van der Waals surface area contributed by atoms with Gasteiger partial charge in [0.1, 0.15) is 11.9 Å². The second kappa shape index (κ2) is 8.76. The van der Waals surface area contributed by atoms with Crippen LogP contribution in [0, 0.1) is 5.82 Å². The molecule has 0 spiro atoms. The van der Waals surface area contributed by atoms with Gasteiger partial charge in [0.25, 0.3) is 0 Å². The summed E-state index contributed by atoms with van der Waals surface area (Å²) in [5.41, 5.74) is 0.545. The van der Waals surface area contributed by atoms with Crippen LogP contribution in [0.15, 0.2) is 24.3 Å². The molecule has 0 aromatic heterocycles. The third kappa shape index (κ3) is 5.90. The van der Waals surface area contributed by atoms with E-state index < -0.39 is 29.7 Å². The third-order valence-corrected chi connectivity index (χ3v) is 2.93. The van der Waals surface area contributed by atoms with Crippen LogP contribution in [0.1, 0.15) is 18.4 Å². The molecule has 0 saturated heterocycles. The van der Waals surface area contributed by atoms with Gasteiger partial charge in [-0.1, -0.05) is 12.1 Å². The summed E-state index contributed by atoms with van der Waals surface area (Å²) >= 11 is 0. The number of hydrogen-bond donors (Lipinski definition) is 1. The van der Waals surface area contributed by atoms with E-state index in [1.165, 1.54) is 32.4 Å². The van der Waals surface area contributed by atoms with Crippen molar-refractivity contribution in [2.24, 2.45) is 0 Å². The van der Waals surface area contributed by atoms with E-state index in [9.17, 15) is 18.8 Å². The number of benzene rings is 1. The Morgan fingerprint density at radius 3 is 2.50 bits per heavy atom. The summed E-state index contributed by atoms with van der Waals surface area (Å²) in [5, 5.41) is 2.47. The van der Waals surface area contributed by atoms with E-state index >= 15 is 0 Å². The van der Waals surface area contributed by atoms with Crippen LogP contribution >= 0.6 is 0 Å². The minimum Gasteiger partial charge on any atom is -0.469 e. The fourth-order valence-corrected chi connectivity index (χ4v) is 1.82. The minimum absolute atomic E-state index is 0.0871. The fourth-order valence-electron chi connectivity index (χ4n) is 1.82. The second-order valence-electron chi connectivity index (χ2n) is 4.55. The first kappa shape index (κ1) is 17.6. The molecular weight excluding hydrogens is 293 g/mol. The van der Waals surface area contributed by atoms with E-state index in [1.54, 1.807) is 6.07 Å². The van der Waals surface area contributed by atoms with Crippen LogP contribution in [0.3, 0.4) is 0 Å². The predicted molar refractivity (Wildman–Crippen MR) is 75.3 cm³/mol. The van der Waals surface area contributed by atoms with Gasteiger partial charge in [0.15, 0.2) is 0 Å². The number of ether oxygens (including phenoxy) is 2. The molecule has 0 unspecified atom stereocenters. The number of nitrogens with one attached hydrogen (secondary N) is 1. The van der Waals surface area contributed by atoms with Crippen LogP contribution in [0.2, 0.25) is 0 Å². The Kier molecular flexibility index (Phi) is 7.01. The number of carbonyl (C=O) groups excluding carboxylic acids is 3. The number of amides is 1. The zero-order chi connectivity index (χ0) is 16.5. The smallest absolute Gasteiger partial charge is 0.328 e. The molecule has 1 aromatic rings. The molecule has 1 rings (SSSR count). The molecule has 22 heavy (non-hydrogen) atoms. The van der Waals surface area contributed by atoms with E-state index in [0.29, 0.717) is 5.56 Å². The summed E-state index contributed by atoms with van der Waals surface area (Å²) < 4.78 is 22.2. The van der Waals surface area contributed by atoms with Gasteiger partial charge < -0.3 is 14.8 Å². The summed E-state index contributed by atoms with van der Waals surface area (Å²) in [5.74, 6) is -2.08. The van der Waals surface area contributed by atoms with Gasteiger partial charge in [-0.3, -0.25) is 9.59 Å². The van der Waals surface area contributed by atoms with Gasteiger partial charge in [-0.25, -0.2) is 9.18 Å². The lowest BCUT2D eigenvalue weighted by Gasteiger charge is -2.16. The lowest BCUT2D eigenvalue weighted by atomic mass is 10.1. The summed E-state index contributed by atoms with van der Waals surface area (Å²) in [4.78, 5) is 34.4. The number of hydrogen-bond acceptors (Lipinski definition) is 5. The van der Waals surface area contributed by atoms with E-state index in [1.807, 2.05) is 0 Å². The van der Waals surface area contributed by atoms with Gasteiger partial charge in [-0.15, -0.1) is 0 Å². The van der Waals surface area contributed by atoms with Crippen molar-refractivity contribution in [1.82, 2.24) is 5.32 Å². The maximum Gasteiger partial charge on any atom is 0.328 e. The van der Waals surface area contributed by atoms with Crippen molar-refractivity contribution in [3.05, 3.63) is 35.6 Å². The molecule has 1 N–H and O–H groups in total. The first-order valence-electron chi connectivity index (χ1n) is 6.64. The van der Waals surface area contributed by atoms with Gasteiger partial charge in [0.2, 0.25) is 5.91 Å². The van der Waals surface area contributed by atoms with E-state index in [0.717, 1.165) is 0 Å². The topological polar surface area (TPSA) is 81.7 Å². The SMILES string of the molecule is COC(=O)CCC(=O)N[C@H](Cc1cccc(F)c1)C(=O)OC. The van der Waals surface area contributed by atoms with Gasteiger partial charge >= 0.3 is 11.9 Å². The molecular formula is C15H18FNO5. The number of methoxy groups -OCH3 is 2. The summed E-state index contributed by atoms with van der Waals surface area (Å²) in [6.45, 7) is 0. The van der Waals surface area contributed by atoms with Crippen molar-refractivity contribution >= 4 is 17.8 Å². The standard InChI is InChI=1S/C15H18FNO5/c1-21-14(19)7-6-13(18)17-12(15(20)22-2)9-10-4-3-5-11(16)8-10/h3-5,8,12H,6-7,9H2,1-2H3,(H,17,18)/t12-/m1/s1. The van der Waals surface area contributed by atoms with E-state index in [2.05, 4.69) is 14.8 Å². The van der Waals surface area contributed by atoms with Crippen LogP contribution in [0.5, 0.6) is 0 Å². The van der Waals surface area contributed by atoms with Crippen molar-refractivity contribution in [1.29, 1.82) is 0 Å². The Morgan fingerprint density at radius 2 is 1.91 bits per heavy atom. The highest BCUT2D eigenvalue weighted by molar-refractivity contribution is 5.86. The highest BCUT2D eigenvalue weighted by Crippen LogP contribution is 2.08. The largest absolute Gasteiger partial charge is 0.469 e. The number of halogens is 1. The normalized spacial score (nSPS) is 11.4. The van der Waals surface area contributed by atoms with Crippen LogP contribution in [-0.4, -0.2) is 38.1 Å². The molecule has 0 radical (unpaired) electrons. The lowest BCUT2D eigenvalue weighted by Crippen LogP contribution is -2.43. The van der Waals surface area contributed by atoms with Gasteiger partial charge in [0.05, 0.1) is 20.6 Å². The second-order valence-corrected chi connectivity index (χ2v) is 4.55. The summed E-state index contributed by atoms with van der Waals surface area (Å²) in [6, 6.07) is 4.76. The molecule has 0 aliphatic heterocycles. The molecule has 1 amide bonds. The van der Waals surface area contributed by atoms with E-state index in [4.69, 9.17) is 0 Å². The number of rotatable bonds is 7. The zero-order valence-electron chi connectivity index (χ0n) is 12.4. The third-order valence-electron chi connectivity index (χ3n) is 2.93. The molecule has 0 fully saturated rings. The highest BCUT2D eigenvalue weighted by Gasteiger charge is 2.22. The molecule has 0 heterocycles. The van der Waals surface area contributed by atoms with Crippen molar-refractivity contribution in [3.63, 3.8) is 0 Å². The molecule has 7 heteroatoms. The summed E-state index contributed by atoms with van der Waals surface area (Å²) in [7, 11) is 2.42. The summed E-state index contributed by atoms with van der Waals surface area (Å²) in [6.07, 6.45) is -0.103. The minimum atomic E-state index is -0.947. The highest BCUT2D eigenvalue weighted by atomic mass is 19.1. The van der Waals surface area contributed by atoms with Crippen molar-refractivity contribution in [2.45, 2.75) is 25.3 Å². The average Bonchev–Trinajstić information content (AvgIpc) is 2.51. The van der Waals surface area contributed by atoms with E-state index in [-0.39, 0.29) is 19.3 Å². The maximum atomic E-state index is 13.2. The Bertz CT molecular complexity index is 546. The molecule has 0 aliphatic carbocycles. The van der Waals surface area contributed by atoms with Gasteiger partial charge in [0, 0.05) is 12.8 Å². The molecule has 1 aromatic carbocycles. The molecule has 6 nitrogen and oxygen atoms in total.